The molecule has 0 aliphatic carbocycles. The number of rotatable bonds is 20. The summed E-state index contributed by atoms with van der Waals surface area (Å²) in [6.45, 7) is 4.07. The highest BCUT2D eigenvalue weighted by atomic mass is 32.2. The summed E-state index contributed by atoms with van der Waals surface area (Å²) >= 11 is 1.64. The Kier molecular flexibility index (Phi) is 18.9. The summed E-state index contributed by atoms with van der Waals surface area (Å²) in [5, 5.41) is 28.0. The predicted molar refractivity (Wildman–Crippen MR) is 116 cm³/mol. The Morgan fingerprint density at radius 1 is 0.889 bits per heavy atom. The van der Waals surface area contributed by atoms with E-state index in [0.29, 0.717) is 5.75 Å². The Morgan fingerprint density at radius 2 is 1.41 bits per heavy atom. The molecular weight excluding hydrogens is 360 g/mol. The van der Waals surface area contributed by atoms with Gasteiger partial charge >= 0.3 is 5.97 Å². The van der Waals surface area contributed by atoms with E-state index in [-0.39, 0.29) is 24.2 Å². The van der Waals surface area contributed by atoms with Crippen molar-refractivity contribution in [1.82, 2.24) is 0 Å². The van der Waals surface area contributed by atoms with E-state index < -0.39 is 12.1 Å². The van der Waals surface area contributed by atoms with Gasteiger partial charge in [0.2, 0.25) is 0 Å². The molecule has 0 rings (SSSR count). The van der Waals surface area contributed by atoms with Crippen molar-refractivity contribution in [2.24, 2.45) is 5.92 Å². The van der Waals surface area contributed by atoms with Gasteiger partial charge in [-0.2, -0.15) is 11.8 Å². The van der Waals surface area contributed by atoms with E-state index >= 15 is 0 Å². The molecule has 4 nitrogen and oxygen atoms in total. The summed E-state index contributed by atoms with van der Waals surface area (Å²) in [6.07, 6.45) is 15.8. The molecule has 0 heterocycles. The topological polar surface area (TPSA) is 77.8 Å². The average molecular weight is 405 g/mol. The van der Waals surface area contributed by atoms with Crippen molar-refractivity contribution >= 4 is 17.7 Å². The van der Waals surface area contributed by atoms with Gasteiger partial charge in [-0.1, -0.05) is 90.9 Å². The van der Waals surface area contributed by atoms with Crippen LogP contribution in [-0.2, 0) is 4.79 Å². The number of hydrogen-bond acceptors (Lipinski definition) is 4. The van der Waals surface area contributed by atoms with Gasteiger partial charge in [0.05, 0.1) is 12.7 Å². The van der Waals surface area contributed by atoms with Crippen LogP contribution >= 0.6 is 11.8 Å². The quantitative estimate of drug-likeness (QED) is 0.229. The third kappa shape index (κ3) is 16.4. The minimum atomic E-state index is -0.742. The third-order valence-electron chi connectivity index (χ3n) is 5.29. The molecule has 0 bridgehead atoms. The summed E-state index contributed by atoms with van der Waals surface area (Å²) in [5.41, 5.74) is 0. The van der Waals surface area contributed by atoms with Gasteiger partial charge in [0, 0.05) is 17.4 Å². The number of carboxylic acids is 1. The second-order valence-corrected chi connectivity index (χ2v) is 9.07. The van der Waals surface area contributed by atoms with Crippen molar-refractivity contribution in [2.45, 2.75) is 115 Å². The zero-order valence-electron chi connectivity index (χ0n) is 17.7. The molecule has 0 aromatic carbocycles. The first-order valence-electron chi connectivity index (χ1n) is 11.2. The van der Waals surface area contributed by atoms with Gasteiger partial charge in [0.1, 0.15) is 0 Å². The minimum Gasteiger partial charge on any atom is -0.481 e. The normalized spacial score (nSPS) is 14.8. The number of unbranched alkanes of at least 4 members (excludes halogenated alkanes) is 10. The van der Waals surface area contributed by atoms with Crippen molar-refractivity contribution in [1.29, 1.82) is 0 Å². The van der Waals surface area contributed by atoms with Crippen LogP contribution in [0.5, 0.6) is 0 Å². The molecule has 5 heteroatoms. The Bertz CT molecular complexity index is 338. The molecule has 0 radical (unpaired) electrons. The van der Waals surface area contributed by atoms with E-state index in [1.165, 1.54) is 64.2 Å². The molecule has 0 saturated carbocycles. The minimum absolute atomic E-state index is 0.140. The van der Waals surface area contributed by atoms with Gasteiger partial charge in [-0.3, -0.25) is 4.79 Å². The number of carbonyl (C=O) groups is 1. The zero-order chi connectivity index (χ0) is 20.3. The van der Waals surface area contributed by atoms with Crippen LogP contribution in [0.15, 0.2) is 0 Å². The van der Waals surface area contributed by atoms with Gasteiger partial charge in [-0.15, -0.1) is 0 Å². The maximum atomic E-state index is 11.1. The lowest BCUT2D eigenvalue weighted by atomic mass is 9.94. The standard InChI is InChI=1S/C22H44O4S/c1-3-5-6-7-8-9-10-11-12-13-14-15-21(27-18-20(24)17-23)19(4-2)16-22(25)26/h19-21,23-24H,3-18H2,1-2H3,(H,25,26). The molecule has 3 unspecified atom stereocenters. The van der Waals surface area contributed by atoms with Crippen LogP contribution in [0.4, 0.5) is 0 Å². The molecule has 0 spiro atoms. The van der Waals surface area contributed by atoms with E-state index in [0.717, 1.165) is 19.3 Å². The van der Waals surface area contributed by atoms with Gasteiger partial charge in [-0.05, 0) is 12.3 Å². The lowest BCUT2D eigenvalue weighted by Crippen LogP contribution is -2.24. The van der Waals surface area contributed by atoms with Crippen LogP contribution in [-0.4, -0.2) is 45.0 Å². The summed E-state index contributed by atoms with van der Waals surface area (Å²) in [6, 6.07) is 0. The molecular formula is C22H44O4S. The van der Waals surface area contributed by atoms with Gasteiger partial charge in [0.25, 0.3) is 0 Å². The molecule has 0 aromatic rings. The molecule has 0 aliphatic heterocycles. The number of aliphatic hydroxyl groups excluding tert-OH is 2. The molecule has 0 fully saturated rings. The van der Waals surface area contributed by atoms with Gasteiger partial charge in [0.15, 0.2) is 0 Å². The fourth-order valence-corrected chi connectivity index (χ4v) is 4.98. The highest BCUT2D eigenvalue weighted by molar-refractivity contribution is 7.99. The second kappa shape index (κ2) is 19.1. The van der Waals surface area contributed by atoms with Crippen molar-refractivity contribution in [3.63, 3.8) is 0 Å². The van der Waals surface area contributed by atoms with E-state index in [4.69, 9.17) is 10.2 Å². The second-order valence-electron chi connectivity index (χ2n) is 7.80. The van der Waals surface area contributed by atoms with Crippen molar-refractivity contribution < 1.29 is 20.1 Å². The number of carboxylic acid groups (broad SMARTS) is 1. The average Bonchev–Trinajstić information content (AvgIpc) is 2.66. The zero-order valence-corrected chi connectivity index (χ0v) is 18.5. The van der Waals surface area contributed by atoms with Gasteiger partial charge < -0.3 is 15.3 Å². The predicted octanol–water partition coefficient (Wildman–Crippen LogP) is 5.64. The fourth-order valence-electron chi connectivity index (χ4n) is 3.52. The van der Waals surface area contributed by atoms with Crippen molar-refractivity contribution in [3.05, 3.63) is 0 Å². The maximum absolute atomic E-state index is 11.1. The SMILES string of the molecule is CCCCCCCCCCCCCC(SCC(O)CO)C(CC)CC(=O)O. The Hall–Kier alpha value is -0.260. The van der Waals surface area contributed by atoms with Crippen LogP contribution < -0.4 is 0 Å². The number of hydrogen-bond donors (Lipinski definition) is 3. The number of aliphatic hydroxyl groups is 2. The molecule has 0 saturated heterocycles. The highest BCUT2D eigenvalue weighted by Crippen LogP contribution is 2.30. The largest absolute Gasteiger partial charge is 0.481 e. The summed E-state index contributed by atoms with van der Waals surface area (Å²) in [4.78, 5) is 11.1. The van der Waals surface area contributed by atoms with E-state index in [2.05, 4.69) is 6.92 Å². The molecule has 0 aromatic heterocycles. The Labute approximate surface area is 171 Å². The first kappa shape index (κ1) is 26.7. The van der Waals surface area contributed by atoms with Crippen molar-refractivity contribution in [2.75, 3.05) is 12.4 Å². The summed E-state index contributed by atoms with van der Waals surface area (Å²) in [5.74, 6) is -0.120. The number of thioether (sulfide) groups is 1. The summed E-state index contributed by atoms with van der Waals surface area (Å²) < 4.78 is 0. The molecule has 27 heavy (non-hydrogen) atoms. The van der Waals surface area contributed by atoms with E-state index in [9.17, 15) is 9.90 Å². The van der Waals surface area contributed by atoms with Crippen LogP contribution in [0.2, 0.25) is 0 Å². The Balaban J connectivity index is 3.97. The van der Waals surface area contributed by atoms with E-state index in [1.807, 2.05) is 6.92 Å². The highest BCUT2D eigenvalue weighted by Gasteiger charge is 2.23. The van der Waals surface area contributed by atoms with Crippen LogP contribution in [0.3, 0.4) is 0 Å². The molecule has 3 N–H and O–H groups in total. The molecule has 3 atom stereocenters. The first-order valence-corrected chi connectivity index (χ1v) is 12.2. The number of aliphatic carboxylic acids is 1. The molecule has 162 valence electrons. The third-order valence-corrected chi connectivity index (χ3v) is 6.92. The lowest BCUT2D eigenvalue weighted by Gasteiger charge is -2.25. The first-order chi connectivity index (χ1) is 13.0. The fraction of sp³-hybridized carbons (Fsp3) is 0.955. The monoisotopic (exact) mass is 404 g/mol. The molecule has 0 amide bonds. The Morgan fingerprint density at radius 3 is 1.85 bits per heavy atom. The maximum Gasteiger partial charge on any atom is 0.303 e. The lowest BCUT2D eigenvalue weighted by molar-refractivity contribution is -0.138. The molecule has 0 aliphatic rings. The van der Waals surface area contributed by atoms with Crippen LogP contribution in [0, 0.1) is 5.92 Å². The van der Waals surface area contributed by atoms with Crippen molar-refractivity contribution in [3.8, 4) is 0 Å². The van der Waals surface area contributed by atoms with Crippen LogP contribution in [0.25, 0.3) is 0 Å². The van der Waals surface area contributed by atoms with E-state index in [1.54, 1.807) is 11.8 Å². The van der Waals surface area contributed by atoms with Crippen LogP contribution in [0.1, 0.15) is 104 Å². The summed E-state index contributed by atoms with van der Waals surface area (Å²) in [7, 11) is 0. The smallest absolute Gasteiger partial charge is 0.303 e. The van der Waals surface area contributed by atoms with Gasteiger partial charge in [-0.25, -0.2) is 0 Å².